The molecule has 2 aromatic heterocycles. The third-order valence-electron chi connectivity index (χ3n) is 3.55. The van der Waals surface area contributed by atoms with Gasteiger partial charge in [-0.05, 0) is 26.0 Å². The molecule has 0 radical (unpaired) electrons. The lowest BCUT2D eigenvalue weighted by Crippen LogP contribution is -2.23. The summed E-state index contributed by atoms with van der Waals surface area (Å²) in [4.78, 5) is 12.4. The van der Waals surface area contributed by atoms with Gasteiger partial charge < -0.3 is 0 Å². The first-order valence-corrected chi connectivity index (χ1v) is 9.76. The topological polar surface area (TPSA) is 85.6 Å². The highest BCUT2D eigenvalue weighted by molar-refractivity contribution is 8.00. The van der Waals surface area contributed by atoms with Gasteiger partial charge in [-0.25, -0.2) is 4.39 Å². The summed E-state index contributed by atoms with van der Waals surface area (Å²) in [7, 11) is 0. The number of thioether (sulfide) groups is 1. The predicted molar refractivity (Wildman–Crippen MR) is 104 cm³/mol. The van der Waals surface area contributed by atoms with E-state index >= 15 is 0 Å². The largest absolute Gasteiger partial charge is 0.300 e. The van der Waals surface area contributed by atoms with Gasteiger partial charge in [-0.3, -0.25) is 14.7 Å². The number of nitrogens with one attached hydrogen (secondary N) is 1. The van der Waals surface area contributed by atoms with Crippen molar-refractivity contribution < 1.29 is 9.18 Å². The Balaban J connectivity index is 1.81. The summed E-state index contributed by atoms with van der Waals surface area (Å²) in [6.07, 6.45) is 1.67. The van der Waals surface area contributed by atoms with E-state index in [1.807, 2.05) is 6.92 Å². The molecule has 1 unspecified atom stereocenters. The molecular weight excluding hydrogens is 387 g/mol. The number of aryl methyl sites for hydroxylation is 1. The van der Waals surface area contributed by atoms with E-state index in [-0.39, 0.29) is 11.7 Å². The smallest absolute Gasteiger partial charge is 0.239 e. The van der Waals surface area contributed by atoms with Crippen LogP contribution in [0.15, 0.2) is 42.1 Å². The Morgan fingerprint density at radius 2 is 2.15 bits per heavy atom. The summed E-state index contributed by atoms with van der Waals surface area (Å²) in [6, 6.07) is 6.36. The molecule has 0 fully saturated rings. The van der Waals surface area contributed by atoms with Crippen LogP contribution in [0.2, 0.25) is 0 Å². The number of hydrogen-bond acceptors (Lipinski definition) is 7. The second kappa shape index (κ2) is 8.40. The Kier molecular flexibility index (Phi) is 5.97. The van der Waals surface area contributed by atoms with Crippen LogP contribution in [0.3, 0.4) is 0 Å². The monoisotopic (exact) mass is 404 g/mol. The molecule has 1 atom stereocenters. The van der Waals surface area contributed by atoms with E-state index in [0.717, 1.165) is 5.01 Å². The number of halogens is 1. The number of allylic oxidation sites excluding steroid dienone is 1. The number of benzene rings is 1. The Labute approximate surface area is 163 Å². The fourth-order valence-electron chi connectivity index (χ4n) is 2.28. The Morgan fingerprint density at radius 1 is 1.37 bits per heavy atom. The van der Waals surface area contributed by atoms with Crippen LogP contribution in [-0.2, 0) is 11.3 Å². The first-order chi connectivity index (χ1) is 13.0. The van der Waals surface area contributed by atoms with Gasteiger partial charge in [-0.2, -0.15) is 0 Å². The highest BCUT2D eigenvalue weighted by Gasteiger charge is 2.22. The first-order valence-electron chi connectivity index (χ1n) is 8.06. The Hall–Kier alpha value is -2.59. The lowest BCUT2D eigenvalue weighted by atomic mass is 10.2. The molecule has 0 saturated heterocycles. The van der Waals surface area contributed by atoms with Gasteiger partial charge in [-0.1, -0.05) is 41.3 Å². The molecule has 2 heterocycles. The van der Waals surface area contributed by atoms with Crippen molar-refractivity contribution in [2.75, 3.05) is 5.32 Å². The molecular formula is C17H17FN6OS2. The van der Waals surface area contributed by atoms with Gasteiger partial charge in [0.05, 0.1) is 10.8 Å². The number of rotatable bonds is 7. The SMILES string of the molecule is C=CCn1c(SC(C)C(=O)Nc2nnc(C)s2)nnc1-c1ccccc1F. The van der Waals surface area contributed by atoms with Crippen molar-refractivity contribution >= 4 is 34.1 Å². The van der Waals surface area contributed by atoms with Crippen LogP contribution in [-0.4, -0.2) is 36.1 Å². The van der Waals surface area contributed by atoms with E-state index in [9.17, 15) is 9.18 Å². The van der Waals surface area contributed by atoms with E-state index in [2.05, 4.69) is 32.3 Å². The molecule has 140 valence electrons. The molecule has 27 heavy (non-hydrogen) atoms. The van der Waals surface area contributed by atoms with Crippen LogP contribution in [0.25, 0.3) is 11.4 Å². The maximum absolute atomic E-state index is 14.2. The number of nitrogens with zero attached hydrogens (tertiary/aromatic N) is 5. The number of anilines is 1. The van der Waals surface area contributed by atoms with Crippen molar-refractivity contribution in [1.29, 1.82) is 0 Å². The summed E-state index contributed by atoms with van der Waals surface area (Å²) in [5.41, 5.74) is 0.347. The minimum atomic E-state index is -0.463. The molecule has 10 heteroatoms. The zero-order chi connectivity index (χ0) is 19.4. The van der Waals surface area contributed by atoms with E-state index in [1.165, 1.54) is 29.2 Å². The molecule has 0 aliphatic carbocycles. The molecule has 3 rings (SSSR count). The van der Waals surface area contributed by atoms with Crippen molar-refractivity contribution in [2.45, 2.75) is 30.8 Å². The van der Waals surface area contributed by atoms with Gasteiger partial charge >= 0.3 is 0 Å². The van der Waals surface area contributed by atoms with Crippen LogP contribution in [0.1, 0.15) is 11.9 Å². The van der Waals surface area contributed by atoms with Crippen molar-refractivity contribution in [2.24, 2.45) is 0 Å². The lowest BCUT2D eigenvalue weighted by Gasteiger charge is -2.12. The fraction of sp³-hybridized carbons (Fsp3) is 0.235. The molecule has 1 amide bonds. The predicted octanol–water partition coefficient (Wildman–Crippen LogP) is 3.55. The fourth-order valence-corrected chi connectivity index (χ4v) is 3.73. The second-order valence-electron chi connectivity index (χ2n) is 5.56. The van der Waals surface area contributed by atoms with Crippen molar-refractivity contribution in [3.63, 3.8) is 0 Å². The summed E-state index contributed by atoms with van der Waals surface area (Å²) < 4.78 is 15.9. The number of aromatic nitrogens is 5. The number of amides is 1. The molecule has 0 saturated carbocycles. The van der Waals surface area contributed by atoms with Gasteiger partial charge in [0.2, 0.25) is 11.0 Å². The van der Waals surface area contributed by atoms with Crippen LogP contribution in [0.5, 0.6) is 0 Å². The summed E-state index contributed by atoms with van der Waals surface area (Å²) in [5.74, 6) is -0.219. The van der Waals surface area contributed by atoms with Gasteiger partial charge in [0, 0.05) is 6.54 Å². The zero-order valence-electron chi connectivity index (χ0n) is 14.7. The maximum atomic E-state index is 14.2. The Morgan fingerprint density at radius 3 is 2.81 bits per heavy atom. The van der Waals surface area contributed by atoms with E-state index in [4.69, 9.17) is 0 Å². The third-order valence-corrected chi connectivity index (χ3v) is 5.39. The minimum absolute atomic E-state index is 0.225. The number of carbonyl (C=O) groups is 1. The normalized spacial score (nSPS) is 12.0. The lowest BCUT2D eigenvalue weighted by molar-refractivity contribution is -0.115. The standard InChI is InChI=1S/C17H17FN6OS2/c1-4-9-24-14(12-7-5-6-8-13(12)18)21-23-17(24)26-10(2)15(25)19-16-22-20-11(3)27-16/h4-8,10H,1,9H2,2-3H3,(H,19,22,25). The second-order valence-corrected chi connectivity index (χ2v) is 8.05. The van der Waals surface area contributed by atoms with Crippen LogP contribution >= 0.6 is 23.1 Å². The highest BCUT2D eigenvalue weighted by Crippen LogP contribution is 2.28. The summed E-state index contributed by atoms with van der Waals surface area (Å²) >= 11 is 2.53. The summed E-state index contributed by atoms with van der Waals surface area (Å²) in [5, 5.41) is 20.0. The molecule has 7 nitrogen and oxygen atoms in total. The molecule has 0 aliphatic rings. The molecule has 3 aromatic rings. The van der Waals surface area contributed by atoms with E-state index < -0.39 is 5.25 Å². The van der Waals surface area contributed by atoms with Crippen molar-refractivity contribution in [3.05, 3.63) is 47.7 Å². The third kappa shape index (κ3) is 4.40. The quantitative estimate of drug-likeness (QED) is 0.479. The average Bonchev–Trinajstić information content (AvgIpc) is 3.22. The minimum Gasteiger partial charge on any atom is -0.300 e. The Bertz CT molecular complexity index is 970. The average molecular weight is 404 g/mol. The van der Waals surface area contributed by atoms with Crippen molar-refractivity contribution in [3.8, 4) is 11.4 Å². The van der Waals surface area contributed by atoms with Gasteiger partial charge in [0.25, 0.3) is 0 Å². The van der Waals surface area contributed by atoms with Crippen LogP contribution in [0.4, 0.5) is 9.52 Å². The summed E-state index contributed by atoms with van der Waals surface area (Å²) in [6.45, 7) is 7.69. The highest BCUT2D eigenvalue weighted by atomic mass is 32.2. The van der Waals surface area contributed by atoms with Gasteiger partial charge in [0.1, 0.15) is 10.8 Å². The van der Waals surface area contributed by atoms with Crippen LogP contribution in [0, 0.1) is 12.7 Å². The van der Waals surface area contributed by atoms with Crippen LogP contribution < -0.4 is 5.32 Å². The zero-order valence-corrected chi connectivity index (χ0v) is 16.4. The molecule has 0 bridgehead atoms. The molecule has 0 aliphatic heterocycles. The number of carbonyl (C=O) groups excluding carboxylic acids is 1. The van der Waals surface area contributed by atoms with E-state index in [0.29, 0.717) is 28.2 Å². The first kappa shape index (κ1) is 19.2. The van der Waals surface area contributed by atoms with Gasteiger partial charge in [0.15, 0.2) is 11.0 Å². The molecule has 0 spiro atoms. The van der Waals surface area contributed by atoms with Crippen molar-refractivity contribution in [1.82, 2.24) is 25.0 Å². The maximum Gasteiger partial charge on any atom is 0.239 e. The number of hydrogen-bond donors (Lipinski definition) is 1. The van der Waals surface area contributed by atoms with E-state index in [1.54, 1.807) is 35.8 Å². The molecule has 1 N–H and O–H groups in total. The molecule has 1 aromatic carbocycles. The van der Waals surface area contributed by atoms with Gasteiger partial charge in [-0.15, -0.1) is 27.0 Å².